The van der Waals surface area contributed by atoms with Crippen LogP contribution in [0.3, 0.4) is 0 Å². The van der Waals surface area contributed by atoms with Crippen molar-refractivity contribution in [3.05, 3.63) is 42.2 Å². The molecule has 0 bridgehead atoms. The second kappa shape index (κ2) is 4.98. The second-order valence-corrected chi connectivity index (χ2v) is 5.66. The van der Waals surface area contributed by atoms with E-state index in [1.807, 2.05) is 37.5 Å². The van der Waals surface area contributed by atoms with E-state index in [-0.39, 0.29) is 11.9 Å². The van der Waals surface area contributed by atoms with Crippen LogP contribution in [0.25, 0.3) is 11.1 Å². The Hall–Kier alpha value is -2.63. The predicted octanol–water partition coefficient (Wildman–Crippen LogP) is 2.30. The number of fused-ring (bicyclic) bond motifs is 1. The molecular weight excluding hydrogens is 280 g/mol. The van der Waals surface area contributed by atoms with Crippen LogP contribution < -0.4 is 4.90 Å². The number of aromatic nitrogens is 3. The molecule has 1 aliphatic rings. The summed E-state index contributed by atoms with van der Waals surface area (Å²) in [7, 11) is 1.84. The van der Waals surface area contributed by atoms with Crippen molar-refractivity contribution in [1.82, 2.24) is 14.8 Å². The van der Waals surface area contributed by atoms with E-state index in [0.29, 0.717) is 18.0 Å². The maximum absolute atomic E-state index is 12.7. The molecule has 2 heterocycles. The number of anilines is 1. The van der Waals surface area contributed by atoms with Gasteiger partial charge in [0.05, 0.1) is 12.6 Å². The van der Waals surface area contributed by atoms with Crippen molar-refractivity contribution in [1.29, 1.82) is 0 Å². The number of benzene rings is 1. The van der Waals surface area contributed by atoms with E-state index in [1.165, 1.54) is 0 Å². The van der Waals surface area contributed by atoms with Crippen molar-refractivity contribution in [2.24, 2.45) is 7.05 Å². The molecule has 1 aliphatic carbocycles. The smallest absolute Gasteiger partial charge is 0.305 e. The quantitative estimate of drug-likeness (QED) is 0.741. The first-order chi connectivity index (χ1) is 10.7. The number of hydrogen-bond donors (Lipinski definition) is 0. The molecule has 1 amide bonds. The molecule has 0 unspecified atom stereocenters. The summed E-state index contributed by atoms with van der Waals surface area (Å²) in [5.74, 6) is 0.00190. The summed E-state index contributed by atoms with van der Waals surface area (Å²) in [6, 6.07) is 8.17. The van der Waals surface area contributed by atoms with Crippen LogP contribution in [0.15, 0.2) is 41.1 Å². The lowest BCUT2D eigenvalue weighted by Crippen LogP contribution is -2.34. The lowest BCUT2D eigenvalue weighted by molar-refractivity contribution is -0.118. The van der Waals surface area contributed by atoms with Gasteiger partial charge in [-0.05, 0) is 30.5 Å². The van der Waals surface area contributed by atoms with Gasteiger partial charge in [-0.15, -0.1) is 0 Å². The summed E-state index contributed by atoms with van der Waals surface area (Å²) in [6.07, 6.45) is 5.88. The Kier molecular flexibility index (Phi) is 2.96. The summed E-state index contributed by atoms with van der Waals surface area (Å²) in [5, 5.41) is 4.10. The van der Waals surface area contributed by atoms with Crippen LogP contribution in [0.4, 0.5) is 6.01 Å². The van der Waals surface area contributed by atoms with E-state index < -0.39 is 0 Å². The topological polar surface area (TPSA) is 64.2 Å². The molecule has 0 aliphatic heterocycles. The molecule has 0 N–H and O–H groups in total. The Morgan fingerprint density at radius 3 is 2.91 bits per heavy atom. The van der Waals surface area contributed by atoms with Crippen molar-refractivity contribution in [2.75, 3.05) is 4.90 Å². The first-order valence-electron chi connectivity index (χ1n) is 7.36. The van der Waals surface area contributed by atoms with Gasteiger partial charge in [-0.1, -0.05) is 12.1 Å². The first kappa shape index (κ1) is 13.1. The van der Waals surface area contributed by atoms with Crippen LogP contribution in [-0.4, -0.2) is 26.7 Å². The van der Waals surface area contributed by atoms with E-state index in [4.69, 9.17) is 4.42 Å². The molecule has 1 aromatic carbocycles. The molecule has 6 nitrogen and oxygen atoms in total. The number of para-hydroxylation sites is 2. The number of carbonyl (C=O) groups excluding carboxylic acids is 1. The molecule has 0 spiro atoms. The van der Waals surface area contributed by atoms with Crippen LogP contribution >= 0.6 is 0 Å². The number of carbonyl (C=O) groups is 1. The average molecular weight is 296 g/mol. The molecule has 112 valence electrons. The number of rotatable bonds is 4. The van der Waals surface area contributed by atoms with Crippen LogP contribution in [0, 0.1) is 0 Å². The van der Waals surface area contributed by atoms with Crippen molar-refractivity contribution in [3.63, 3.8) is 0 Å². The minimum Gasteiger partial charge on any atom is -0.423 e. The maximum atomic E-state index is 12.7. The second-order valence-electron chi connectivity index (χ2n) is 5.66. The van der Waals surface area contributed by atoms with E-state index in [0.717, 1.165) is 23.9 Å². The van der Waals surface area contributed by atoms with Crippen LogP contribution in [-0.2, 0) is 18.3 Å². The van der Waals surface area contributed by atoms with E-state index in [1.54, 1.807) is 15.8 Å². The molecule has 4 rings (SSSR count). The Morgan fingerprint density at radius 2 is 2.23 bits per heavy atom. The van der Waals surface area contributed by atoms with E-state index in [2.05, 4.69) is 10.1 Å². The fourth-order valence-electron chi connectivity index (χ4n) is 2.59. The minimum absolute atomic E-state index is 0.00190. The predicted molar refractivity (Wildman–Crippen MR) is 81.4 cm³/mol. The van der Waals surface area contributed by atoms with Gasteiger partial charge >= 0.3 is 6.01 Å². The zero-order valence-electron chi connectivity index (χ0n) is 12.3. The zero-order valence-corrected chi connectivity index (χ0v) is 12.3. The molecule has 2 aromatic heterocycles. The van der Waals surface area contributed by atoms with Gasteiger partial charge in [-0.25, -0.2) is 0 Å². The Bertz CT molecular complexity index is 798. The third kappa shape index (κ3) is 2.36. The normalized spacial score (nSPS) is 14.4. The van der Waals surface area contributed by atoms with Gasteiger partial charge in [0.25, 0.3) is 0 Å². The zero-order chi connectivity index (χ0) is 15.1. The molecule has 1 saturated carbocycles. The largest absolute Gasteiger partial charge is 0.423 e. The maximum Gasteiger partial charge on any atom is 0.305 e. The standard InChI is InChI=1S/C16H16N4O2/c1-19-10-11(9-17-19)8-15(21)20(12-6-7-12)16-18-13-4-2-3-5-14(13)22-16/h2-5,9-10,12H,6-8H2,1H3. The molecule has 3 aromatic rings. The highest BCUT2D eigenvalue weighted by Gasteiger charge is 2.36. The Balaban J connectivity index is 1.64. The van der Waals surface area contributed by atoms with Crippen molar-refractivity contribution < 1.29 is 9.21 Å². The highest BCUT2D eigenvalue weighted by atomic mass is 16.4. The summed E-state index contributed by atoms with van der Waals surface area (Å²) in [4.78, 5) is 18.8. The molecule has 0 radical (unpaired) electrons. The van der Waals surface area contributed by atoms with Gasteiger partial charge in [0, 0.05) is 19.3 Å². The SMILES string of the molecule is Cn1cc(CC(=O)N(c2nc3ccccc3o2)C2CC2)cn1. The molecule has 22 heavy (non-hydrogen) atoms. The fourth-order valence-corrected chi connectivity index (χ4v) is 2.59. The lowest BCUT2D eigenvalue weighted by atomic mass is 10.2. The number of aryl methyl sites for hydroxylation is 1. The van der Waals surface area contributed by atoms with Gasteiger partial charge in [0.15, 0.2) is 5.58 Å². The third-order valence-electron chi connectivity index (χ3n) is 3.78. The van der Waals surface area contributed by atoms with Gasteiger partial charge in [0.2, 0.25) is 5.91 Å². The summed E-state index contributed by atoms with van der Waals surface area (Å²) < 4.78 is 7.47. The molecule has 1 fully saturated rings. The van der Waals surface area contributed by atoms with Crippen LogP contribution in [0.2, 0.25) is 0 Å². The first-order valence-corrected chi connectivity index (χ1v) is 7.36. The highest BCUT2D eigenvalue weighted by Crippen LogP contribution is 2.33. The minimum atomic E-state index is 0.00190. The average Bonchev–Trinajstić information content (AvgIpc) is 3.09. The van der Waals surface area contributed by atoms with Gasteiger partial charge in [0.1, 0.15) is 5.52 Å². The Morgan fingerprint density at radius 1 is 1.41 bits per heavy atom. The Labute approximate surface area is 127 Å². The highest BCUT2D eigenvalue weighted by molar-refractivity contribution is 5.94. The lowest BCUT2D eigenvalue weighted by Gasteiger charge is -2.17. The van der Waals surface area contributed by atoms with Crippen LogP contribution in [0.1, 0.15) is 18.4 Å². The number of oxazole rings is 1. The summed E-state index contributed by atoms with van der Waals surface area (Å²) in [5.41, 5.74) is 2.38. The van der Waals surface area contributed by atoms with E-state index >= 15 is 0 Å². The molecule has 0 saturated heterocycles. The monoisotopic (exact) mass is 296 g/mol. The summed E-state index contributed by atoms with van der Waals surface area (Å²) in [6.45, 7) is 0. The molecule has 0 atom stereocenters. The van der Waals surface area contributed by atoms with Crippen LogP contribution in [0.5, 0.6) is 0 Å². The van der Waals surface area contributed by atoms with Crippen molar-refractivity contribution in [3.8, 4) is 0 Å². The summed E-state index contributed by atoms with van der Waals surface area (Å²) >= 11 is 0. The number of hydrogen-bond acceptors (Lipinski definition) is 4. The van der Waals surface area contributed by atoms with Gasteiger partial charge in [-0.2, -0.15) is 10.1 Å². The van der Waals surface area contributed by atoms with Gasteiger partial charge < -0.3 is 4.42 Å². The van der Waals surface area contributed by atoms with Crippen molar-refractivity contribution >= 4 is 23.0 Å². The van der Waals surface area contributed by atoms with Crippen molar-refractivity contribution in [2.45, 2.75) is 25.3 Å². The molecule has 6 heteroatoms. The molecular formula is C16H16N4O2. The van der Waals surface area contributed by atoms with E-state index in [9.17, 15) is 4.79 Å². The van der Waals surface area contributed by atoms with Gasteiger partial charge in [-0.3, -0.25) is 14.4 Å². The fraction of sp³-hybridized carbons (Fsp3) is 0.312. The number of nitrogens with zero attached hydrogens (tertiary/aromatic N) is 4. The third-order valence-corrected chi connectivity index (χ3v) is 3.78. The number of amides is 1.